The van der Waals surface area contributed by atoms with Crippen molar-refractivity contribution in [2.24, 2.45) is 0 Å². The van der Waals surface area contributed by atoms with E-state index in [-0.39, 0.29) is 0 Å². The Labute approximate surface area is 221 Å². The van der Waals surface area contributed by atoms with Crippen molar-refractivity contribution in [3.8, 4) is 39.6 Å². The monoisotopic (exact) mass is 482 g/mol. The number of aromatic nitrogens is 1. The summed E-state index contributed by atoms with van der Waals surface area (Å²) in [4.78, 5) is 4.48. The van der Waals surface area contributed by atoms with Crippen molar-refractivity contribution in [1.82, 2.24) is 4.98 Å². The zero-order valence-corrected chi connectivity index (χ0v) is 20.6. The summed E-state index contributed by atoms with van der Waals surface area (Å²) in [7, 11) is 0. The summed E-state index contributed by atoms with van der Waals surface area (Å²) in [6.07, 6.45) is 1.69. The van der Waals surface area contributed by atoms with Crippen LogP contribution in [-0.4, -0.2) is 4.98 Å². The highest BCUT2D eigenvalue weighted by molar-refractivity contribution is 6.21. The molecule has 38 heavy (non-hydrogen) atoms. The van der Waals surface area contributed by atoms with E-state index in [1.807, 2.05) is 6.07 Å². The van der Waals surface area contributed by atoms with Crippen LogP contribution in [0.1, 0.15) is 5.56 Å². The van der Waals surface area contributed by atoms with Crippen LogP contribution in [-0.2, 0) is 0 Å². The Bertz CT molecular complexity index is 1970. The Balaban J connectivity index is 1.46. The van der Waals surface area contributed by atoms with Crippen LogP contribution in [0.25, 0.3) is 65.8 Å². The molecule has 2 nitrogen and oxygen atoms in total. The third kappa shape index (κ3) is 3.61. The molecule has 0 N–H and O–H groups in total. The van der Waals surface area contributed by atoms with E-state index in [0.29, 0.717) is 5.56 Å². The second-order valence-corrected chi connectivity index (χ2v) is 9.53. The number of benzene rings is 6. The van der Waals surface area contributed by atoms with Gasteiger partial charge in [0.2, 0.25) is 0 Å². The second-order valence-electron chi connectivity index (χ2n) is 9.53. The van der Waals surface area contributed by atoms with Crippen molar-refractivity contribution in [3.05, 3.63) is 139 Å². The van der Waals surface area contributed by atoms with Crippen molar-refractivity contribution in [1.29, 1.82) is 5.26 Å². The van der Waals surface area contributed by atoms with Crippen LogP contribution < -0.4 is 0 Å². The minimum atomic E-state index is 0.614. The maximum absolute atomic E-state index is 9.27. The van der Waals surface area contributed by atoms with Crippen molar-refractivity contribution >= 4 is 32.3 Å². The predicted octanol–water partition coefficient (Wildman–Crippen LogP) is 9.41. The molecule has 1 heterocycles. The summed E-state index contributed by atoms with van der Waals surface area (Å²) in [5.41, 5.74) is 7.38. The molecule has 176 valence electrons. The molecule has 0 saturated carbocycles. The van der Waals surface area contributed by atoms with Crippen LogP contribution in [0.3, 0.4) is 0 Å². The van der Waals surface area contributed by atoms with Gasteiger partial charge in [0.25, 0.3) is 0 Å². The van der Waals surface area contributed by atoms with Gasteiger partial charge in [0, 0.05) is 11.8 Å². The van der Waals surface area contributed by atoms with Gasteiger partial charge in [0.1, 0.15) is 0 Å². The lowest BCUT2D eigenvalue weighted by Crippen LogP contribution is -1.91. The van der Waals surface area contributed by atoms with Gasteiger partial charge in [0.15, 0.2) is 0 Å². The molecule has 0 spiro atoms. The maximum Gasteiger partial charge on any atom is 0.0992 e. The third-order valence-electron chi connectivity index (χ3n) is 7.31. The molecule has 0 aliphatic rings. The summed E-state index contributed by atoms with van der Waals surface area (Å²) in [5.74, 6) is 0. The first-order valence-corrected chi connectivity index (χ1v) is 12.7. The molecule has 6 aromatic carbocycles. The third-order valence-corrected chi connectivity index (χ3v) is 7.31. The Morgan fingerprint density at radius 1 is 0.474 bits per heavy atom. The molecule has 0 atom stereocenters. The fraction of sp³-hybridized carbons (Fsp3) is 0. The minimum Gasteiger partial charge on any atom is -0.256 e. The van der Waals surface area contributed by atoms with E-state index >= 15 is 0 Å². The highest BCUT2D eigenvalue weighted by Crippen LogP contribution is 2.44. The molecule has 0 fully saturated rings. The molecule has 1 aromatic heterocycles. The molecule has 0 radical (unpaired) electrons. The minimum absolute atomic E-state index is 0.614. The van der Waals surface area contributed by atoms with Crippen molar-refractivity contribution < 1.29 is 0 Å². The van der Waals surface area contributed by atoms with Gasteiger partial charge in [-0.2, -0.15) is 5.26 Å². The summed E-state index contributed by atoms with van der Waals surface area (Å²) in [6, 6.07) is 47.0. The molecular weight excluding hydrogens is 460 g/mol. The Kier molecular flexibility index (Phi) is 5.20. The molecule has 0 amide bonds. The lowest BCUT2D eigenvalue weighted by atomic mass is 9.85. The number of hydrogen-bond acceptors (Lipinski definition) is 2. The normalized spacial score (nSPS) is 11.1. The highest BCUT2D eigenvalue weighted by atomic mass is 14.7. The van der Waals surface area contributed by atoms with Gasteiger partial charge in [-0.1, -0.05) is 103 Å². The van der Waals surface area contributed by atoms with Crippen LogP contribution in [0.4, 0.5) is 0 Å². The molecule has 0 unspecified atom stereocenters. The Hall–Kier alpha value is -5.26. The Morgan fingerprint density at radius 3 is 1.61 bits per heavy atom. The maximum atomic E-state index is 9.27. The lowest BCUT2D eigenvalue weighted by Gasteiger charge is -2.18. The fourth-order valence-corrected chi connectivity index (χ4v) is 5.57. The number of nitriles is 1. The summed E-state index contributed by atoms with van der Waals surface area (Å²) < 4.78 is 0. The van der Waals surface area contributed by atoms with E-state index in [2.05, 4.69) is 126 Å². The molecule has 7 rings (SSSR count). The quantitative estimate of drug-likeness (QED) is 0.235. The smallest absolute Gasteiger partial charge is 0.0992 e. The standard InChI is InChI=1S/C36H22N2/c37-23-24-18-19-38-34(20-24)28-16-14-27-22-29(17-15-26(27)21-28)36-32-12-6-4-10-30(32)35(25-8-2-1-3-9-25)31-11-5-7-13-33(31)36/h1-22H. The van der Waals surface area contributed by atoms with E-state index in [1.165, 1.54) is 49.2 Å². The van der Waals surface area contributed by atoms with Crippen molar-refractivity contribution in [2.45, 2.75) is 0 Å². The molecular formula is C36H22N2. The van der Waals surface area contributed by atoms with Gasteiger partial charge in [-0.3, -0.25) is 4.98 Å². The zero-order valence-electron chi connectivity index (χ0n) is 20.6. The van der Waals surface area contributed by atoms with Crippen LogP contribution in [0, 0.1) is 11.3 Å². The average molecular weight is 483 g/mol. The van der Waals surface area contributed by atoms with Gasteiger partial charge in [-0.05, 0) is 78.8 Å². The number of nitrogens with zero attached hydrogens (tertiary/aromatic N) is 2. The lowest BCUT2D eigenvalue weighted by molar-refractivity contribution is 1.31. The van der Waals surface area contributed by atoms with Gasteiger partial charge < -0.3 is 0 Å². The highest BCUT2D eigenvalue weighted by Gasteiger charge is 2.16. The van der Waals surface area contributed by atoms with Gasteiger partial charge in [-0.25, -0.2) is 0 Å². The van der Waals surface area contributed by atoms with E-state index in [9.17, 15) is 5.26 Å². The predicted molar refractivity (Wildman–Crippen MR) is 158 cm³/mol. The first kappa shape index (κ1) is 22.0. The molecule has 0 bridgehead atoms. The van der Waals surface area contributed by atoms with Crippen LogP contribution in [0.5, 0.6) is 0 Å². The topological polar surface area (TPSA) is 36.7 Å². The average Bonchev–Trinajstić information content (AvgIpc) is 2.99. The number of hydrogen-bond donors (Lipinski definition) is 0. The second kappa shape index (κ2) is 9.00. The fourth-order valence-electron chi connectivity index (χ4n) is 5.57. The summed E-state index contributed by atoms with van der Waals surface area (Å²) >= 11 is 0. The molecule has 2 heteroatoms. The molecule has 0 aliphatic heterocycles. The first-order valence-electron chi connectivity index (χ1n) is 12.7. The van der Waals surface area contributed by atoms with E-state index in [1.54, 1.807) is 12.3 Å². The van der Waals surface area contributed by atoms with Gasteiger partial charge >= 0.3 is 0 Å². The number of fused-ring (bicyclic) bond motifs is 3. The number of pyridine rings is 1. The SMILES string of the molecule is N#Cc1ccnc(-c2ccc3cc(-c4c5ccccc5c(-c5ccccc5)c5ccccc45)ccc3c2)c1. The van der Waals surface area contributed by atoms with Crippen molar-refractivity contribution in [3.63, 3.8) is 0 Å². The first-order chi connectivity index (χ1) is 18.8. The van der Waals surface area contributed by atoms with E-state index in [4.69, 9.17) is 0 Å². The van der Waals surface area contributed by atoms with Crippen LogP contribution in [0.15, 0.2) is 134 Å². The molecule has 7 aromatic rings. The van der Waals surface area contributed by atoms with Crippen molar-refractivity contribution in [2.75, 3.05) is 0 Å². The molecule has 0 aliphatic carbocycles. The number of rotatable bonds is 3. The van der Waals surface area contributed by atoms with Crippen LogP contribution >= 0.6 is 0 Å². The largest absolute Gasteiger partial charge is 0.256 e. The summed E-state index contributed by atoms with van der Waals surface area (Å²) in [6.45, 7) is 0. The van der Waals surface area contributed by atoms with E-state index < -0.39 is 0 Å². The summed E-state index contributed by atoms with van der Waals surface area (Å²) in [5, 5.41) is 16.6. The van der Waals surface area contributed by atoms with Gasteiger partial charge in [0.05, 0.1) is 17.3 Å². The van der Waals surface area contributed by atoms with E-state index in [0.717, 1.165) is 16.6 Å². The zero-order chi connectivity index (χ0) is 25.5. The Morgan fingerprint density at radius 2 is 1.00 bits per heavy atom. The van der Waals surface area contributed by atoms with Crippen LogP contribution in [0.2, 0.25) is 0 Å². The molecule has 0 saturated heterocycles. The van der Waals surface area contributed by atoms with Gasteiger partial charge in [-0.15, -0.1) is 0 Å².